The lowest BCUT2D eigenvalue weighted by atomic mass is 10.0. The predicted molar refractivity (Wildman–Crippen MR) is 77.2 cm³/mol. The molecule has 0 radical (unpaired) electrons. The fraction of sp³-hybridized carbons (Fsp3) is 0.429. The first-order chi connectivity index (χ1) is 9.94. The number of rotatable bonds is 2. The minimum atomic E-state index is -2.58. The zero-order valence-corrected chi connectivity index (χ0v) is 11.8. The van der Waals surface area contributed by atoms with E-state index in [9.17, 15) is 8.78 Å². The van der Waals surface area contributed by atoms with E-state index in [1.165, 1.54) is 0 Å². The van der Waals surface area contributed by atoms with Gasteiger partial charge in [-0.3, -0.25) is 4.68 Å². The SMILES string of the molecule is Cn1cc(-c2ccc(N)nc2N2CCC(F)(F)CC2)cn1. The summed E-state index contributed by atoms with van der Waals surface area (Å²) in [6, 6.07) is 3.58. The first kappa shape index (κ1) is 13.8. The summed E-state index contributed by atoms with van der Waals surface area (Å²) >= 11 is 0. The van der Waals surface area contributed by atoms with Crippen LogP contribution in [-0.2, 0) is 7.05 Å². The van der Waals surface area contributed by atoms with Crippen LogP contribution in [0.5, 0.6) is 0 Å². The molecule has 2 N–H and O–H groups in total. The van der Waals surface area contributed by atoms with E-state index >= 15 is 0 Å². The molecule has 1 aliphatic heterocycles. The van der Waals surface area contributed by atoms with E-state index in [0.717, 1.165) is 11.1 Å². The Labute approximate surface area is 121 Å². The molecule has 0 amide bonds. The molecule has 2 aromatic heterocycles. The second-order valence-electron chi connectivity index (χ2n) is 5.35. The van der Waals surface area contributed by atoms with E-state index in [-0.39, 0.29) is 25.9 Å². The largest absolute Gasteiger partial charge is 0.384 e. The Morgan fingerprint density at radius 3 is 2.57 bits per heavy atom. The summed E-state index contributed by atoms with van der Waals surface area (Å²) in [6.45, 7) is 0.549. The van der Waals surface area contributed by atoms with Crippen molar-refractivity contribution >= 4 is 11.6 Å². The number of nitrogen functional groups attached to an aromatic ring is 1. The van der Waals surface area contributed by atoms with E-state index < -0.39 is 5.92 Å². The summed E-state index contributed by atoms with van der Waals surface area (Å²) in [5.41, 5.74) is 7.53. The van der Waals surface area contributed by atoms with Crippen LogP contribution in [0.3, 0.4) is 0 Å². The molecule has 1 fully saturated rings. The van der Waals surface area contributed by atoms with Crippen LogP contribution in [0, 0.1) is 0 Å². The number of hydrogen-bond acceptors (Lipinski definition) is 4. The Morgan fingerprint density at radius 1 is 1.24 bits per heavy atom. The summed E-state index contributed by atoms with van der Waals surface area (Å²) < 4.78 is 28.3. The maximum absolute atomic E-state index is 13.3. The highest BCUT2D eigenvalue weighted by molar-refractivity contribution is 5.76. The highest BCUT2D eigenvalue weighted by atomic mass is 19.3. The van der Waals surface area contributed by atoms with Crippen molar-refractivity contribution in [2.45, 2.75) is 18.8 Å². The zero-order chi connectivity index (χ0) is 15.0. The van der Waals surface area contributed by atoms with Crippen LogP contribution in [-0.4, -0.2) is 33.8 Å². The van der Waals surface area contributed by atoms with Crippen LogP contribution in [0.15, 0.2) is 24.5 Å². The van der Waals surface area contributed by atoms with Crippen LogP contribution < -0.4 is 10.6 Å². The van der Waals surface area contributed by atoms with Gasteiger partial charge in [-0.05, 0) is 12.1 Å². The number of aryl methyl sites for hydroxylation is 1. The third kappa shape index (κ3) is 2.81. The molecule has 0 saturated carbocycles. The number of nitrogens with zero attached hydrogens (tertiary/aromatic N) is 4. The van der Waals surface area contributed by atoms with Crippen molar-refractivity contribution in [1.29, 1.82) is 0 Å². The first-order valence-electron chi connectivity index (χ1n) is 6.83. The molecule has 5 nitrogen and oxygen atoms in total. The lowest BCUT2D eigenvalue weighted by Gasteiger charge is -2.33. The molecule has 21 heavy (non-hydrogen) atoms. The molecule has 2 aromatic rings. The van der Waals surface area contributed by atoms with Crippen molar-refractivity contribution in [3.05, 3.63) is 24.5 Å². The van der Waals surface area contributed by atoms with Gasteiger partial charge in [-0.2, -0.15) is 5.10 Å². The fourth-order valence-electron chi connectivity index (χ4n) is 2.54. The molecule has 1 aliphatic rings. The van der Waals surface area contributed by atoms with Gasteiger partial charge < -0.3 is 10.6 Å². The van der Waals surface area contributed by atoms with E-state index in [0.29, 0.717) is 11.6 Å². The third-order valence-electron chi connectivity index (χ3n) is 3.71. The van der Waals surface area contributed by atoms with Gasteiger partial charge in [-0.25, -0.2) is 13.8 Å². The van der Waals surface area contributed by atoms with Gasteiger partial charge >= 0.3 is 0 Å². The fourth-order valence-corrected chi connectivity index (χ4v) is 2.54. The van der Waals surface area contributed by atoms with Gasteiger partial charge in [0.2, 0.25) is 0 Å². The summed E-state index contributed by atoms with van der Waals surface area (Å²) in [7, 11) is 1.83. The minimum Gasteiger partial charge on any atom is -0.384 e. The van der Waals surface area contributed by atoms with Crippen LogP contribution in [0.1, 0.15) is 12.8 Å². The quantitative estimate of drug-likeness (QED) is 0.923. The van der Waals surface area contributed by atoms with Gasteiger partial charge in [0.15, 0.2) is 0 Å². The molecule has 3 rings (SSSR count). The smallest absolute Gasteiger partial charge is 0.251 e. The molecule has 0 atom stereocenters. The first-order valence-corrected chi connectivity index (χ1v) is 6.83. The standard InChI is InChI=1S/C14H17F2N5/c1-20-9-10(8-18-20)11-2-3-12(17)19-13(11)21-6-4-14(15,16)5-7-21/h2-3,8-9H,4-7H2,1H3,(H2,17,19). The molecule has 0 aromatic carbocycles. The van der Waals surface area contributed by atoms with Crippen molar-refractivity contribution < 1.29 is 8.78 Å². The van der Waals surface area contributed by atoms with Gasteiger partial charge in [0, 0.05) is 50.3 Å². The molecule has 7 heteroatoms. The second kappa shape index (κ2) is 4.98. The van der Waals surface area contributed by atoms with E-state index in [1.54, 1.807) is 16.9 Å². The minimum absolute atomic E-state index is 0.157. The monoisotopic (exact) mass is 293 g/mol. The van der Waals surface area contributed by atoms with E-state index in [1.807, 2.05) is 24.2 Å². The Kier molecular flexibility index (Phi) is 3.27. The highest BCUT2D eigenvalue weighted by Gasteiger charge is 2.35. The number of nitrogens with two attached hydrogens (primary N) is 1. The predicted octanol–water partition coefficient (Wildman–Crippen LogP) is 2.30. The maximum atomic E-state index is 13.3. The Hall–Kier alpha value is -2.18. The molecule has 0 unspecified atom stereocenters. The van der Waals surface area contributed by atoms with Crippen LogP contribution in [0.2, 0.25) is 0 Å². The van der Waals surface area contributed by atoms with Crippen LogP contribution in [0.25, 0.3) is 11.1 Å². The Balaban J connectivity index is 1.96. The molecule has 112 valence electrons. The molecule has 0 spiro atoms. The molecule has 0 bridgehead atoms. The highest BCUT2D eigenvalue weighted by Crippen LogP contribution is 2.35. The maximum Gasteiger partial charge on any atom is 0.251 e. The molecule has 0 aliphatic carbocycles. The van der Waals surface area contributed by atoms with E-state index in [2.05, 4.69) is 10.1 Å². The van der Waals surface area contributed by atoms with Gasteiger partial charge in [0.05, 0.1) is 6.20 Å². The van der Waals surface area contributed by atoms with Crippen LogP contribution in [0.4, 0.5) is 20.4 Å². The number of pyridine rings is 1. The lowest BCUT2D eigenvalue weighted by molar-refractivity contribution is -0.0221. The van der Waals surface area contributed by atoms with Crippen molar-refractivity contribution in [2.75, 3.05) is 23.7 Å². The molecular formula is C14H17F2N5. The topological polar surface area (TPSA) is 60.0 Å². The van der Waals surface area contributed by atoms with Gasteiger partial charge in [-0.15, -0.1) is 0 Å². The van der Waals surface area contributed by atoms with Crippen molar-refractivity contribution in [2.24, 2.45) is 7.05 Å². The van der Waals surface area contributed by atoms with Gasteiger partial charge in [0.25, 0.3) is 5.92 Å². The summed E-state index contributed by atoms with van der Waals surface area (Å²) in [5.74, 6) is -1.54. The molecular weight excluding hydrogens is 276 g/mol. The Bertz CT molecular complexity index is 643. The molecule has 1 saturated heterocycles. The number of alkyl halides is 2. The summed E-state index contributed by atoms with van der Waals surface area (Å²) in [6.07, 6.45) is 3.29. The lowest BCUT2D eigenvalue weighted by Crippen LogP contribution is -2.40. The Morgan fingerprint density at radius 2 is 1.95 bits per heavy atom. The number of hydrogen-bond donors (Lipinski definition) is 1. The van der Waals surface area contributed by atoms with Crippen molar-refractivity contribution in [3.63, 3.8) is 0 Å². The summed E-state index contributed by atoms with van der Waals surface area (Å²) in [5, 5.41) is 4.14. The number of piperidine rings is 1. The number of anilines is 2. The number of halogens is 2. The van der Waals surface area contributed by atoms with Gasteiger partial charge in [0.1, 0.15) is 11.6 Å². The second-order valence-corrected chi connectivity index (χ2v) is 5.35. The van der Waals surface area contributed by atoms with Crippen molar-refractivity contribution in [1.82, 2.24) is 14.8 Å². The van der Waals surface area contributed by atoms with Crippen LogP contribution >= 0.6 is 0 Å². The van der Waals surface area contributed by atoms with Crippen molar-refractivity contribution in [3.8, 4) is 11.1 Å². The normalized spacial score (nSPS) is 18.0. The number of aromatic nitrogens is 3. The molecule has 3 heterocycles. The summed E-state index contributed by atoms with van der Waals surface area (Å²) in [4.78, 5) is 6.22. The third-order valence-corrected chi connectivity index (χ3v) is 3.71. The average Bonchev–Trinajstić information content (AvgIpc) is 2.85. The van der Waals surface area contributed by atoms with Gasteiger partial charge in [-0.1, -0.05) is 0 Å². The average molecular weight is 293 g/mol. The zero-order valence-electron chi connectivity index (χ0n) is 11.8. The van der Waals surface area contributed by atoms with E-state index in [4.69, 9.17) is 5.73 Å².